The number of aliphatic hydroxyl groups excluding tert-OH is 1. The minimum Gasteiger partial charge on any atom is -0.501 e. The number of ketones is 1. The van der Waals surface area contributed by atoms with Gasteiger partial charge in [-0.05, 0) is 5.92 Å². The highest BCUT2D eigenvalue weighted by Gasteiger charge is 2.19. The first-order valence-corrected chi connectivity index (χ1v) is 3.64. The Labute approximate surface area is 65.7 Å². The maximum atomic E-state index is 10.9. The van der Waals surface area contributed by atoms with E-state index in [4.69, 9.17) is 9.84 Å². The van der Waals surface area contributed by atoms with Crippen LogP contribution in [0.2, 0.25) is 0 Å². The average molecular weight is 156 g/mol. The van der Waals surface area contributed by atoms with Crippen LogP contribution in [0.4, 0.5) is 0 Å². The summed E-state index contributed by atoms with van der Waals surface area (Å²) in [5.74, 6) is 0.787. The molecule has 0 aliphatic heterocycles. The fraction of sp³-hybridized carbons (Fsp3) is 0.625. The van der Waals surface area contributed by atoms with E-state index in [1.807, 2.05) is 0 Å². The van der Waals surface area contributed by atoms with Crippen LogP contribution in [0.5, 0.6) is 0 Å². The van der Waals surface area contributed by atoms with Crippen LogP contribution < -0.4 is 0 Å². The number of carbonyl (C=O) groups is 1. The van der Waals surface area contributed by atoms with Crippen molar-refractivity contribution < 1.29 is 14.6 Å². The van der Waals surface area contributed by atoms with Gasteiger partial charge in [0.25, 0.3) is 0 Å². The Bertz CT molecular complexity index is 184. The molecule has 0 heterocycles. The molecular weight excluding hydrogens is 144 g/mol. The van der Waals surface area contributed by atoms with E-state index in [2.05, 4.69) is 0 Å². The quantitative estimate of drug-likeness (QED) is 0.632. The molecule has 1 N–H and O–H groups in total. The van der Waals surface area contributed by atoms with E-state index in [1.54, 1.807) is 7.11 Å². The van der Waals surface area contributed by atoms with Gasteiger partial charge in [0.15, 0.2) is 5.78 Å². The van der Waals surface area contributed by atoms with E-state index in [-0.39, 0.29) is 18.3 Å². The first-order valence-electron chi connectivity index (χ1n) is 3.64. The molecule has 3 heteroatoms. The normalized spacial score (nSPS) is 24.7. The largest absolute Gasteiger partial charge is 0.501 e. The summed E-state index contributed by atoms with van der Waals surface area (Å²) in [6.45, 7) is 0.0619. The summed E-state index contributed by atoms with van der Waals surface area (Å²) in [6.07, 6.45) is 2.63. The SMILES string of the molecule is COC1=CC(=O)CC(CO)C1. The molecule has 3 nitrogen and oxygen atoms in total. The number of rotatable bonds is 2. The fourth-order valence-electron chi connectivity index (χ4n) is 1.21. The molecule has 1 aliphatic carbocycles. The number of ether oxygens (including phenoxy) is 1. The molecule has 0 spiro atoms. The van der Waals surface area contributed by atoms with E-state index in [0.29, 0.717) is 18.6 Å². The molecule has 0 saturated carbocycles. The minimum atomic E-state index is 0.0483. The van der Waals surface area contributed by atoms with Crippen LogP contribution in [0.3, 0.4) is 0 Å². The second-order valence-electron chi connectivity index (χ2n) is 2.74. The van der Waals surface area contributed by atoms with Crippen molar-refractivity contribution in [3.8, 4) is 0 Å². The topological polar surface area (TPSA) is 46.5 Å². The van der Waals surface area contributed by atoms with Gasteiger partial charge in [0.1, 0.15) is 0 Å². The van der Waals surface area contributed by atoms with E-state index < -0.39 is 0 Å². The molecule has 1 unspecified atom stereocenters. The van der Waals surface area contributed by atoms with Gasteiger partial charge in [0.2, 0.25) is 0 Å². The van der Waals surface area contributed by atoms with Gasteiger partial charge in [-0.15, -0.1) is 0 Å². The fourth-order valence-corrected chi connectivity index (χ4v) is 1.21. The van der Waals surface area contributed by atoms with E-state index in [9.17, 15) is 4.79 Å². The Kier molecular flexibility index (Phi) is 2.65. The van der Waals surface area contributed by atoms with Gasteiger partial charge in [-0.2, -0.15) is 0 Å². The van der Waals surface area contributed by atoms with Gasteiger partial charge in [0.05, 0.1) is 12.9 Å². The third kappa shape index (κ3) is 2.05. The van der Waals surface area contributed by atoms with Crippen molar-refractivity contribution in [2.45, 2.75) is 12.8 Å². The van der Waals surface area contributed by atoms with Crippen molar-refractivity contribution in [3.63, 3.8) is 0 Å². The number of methoxy groups -OCH3 is 1. The summed E-state index contributed by atoms with van der Waals surface area (Å²) >= 11 is 0. The van der Waals surface area contributed by atoms with Crippen LogP contribution in [0, 0.1) is 5.92 Å². The Morgan fingerprint density at radius 1 is 1.73 bits per heavy atom. The van der Waals surface area contributed by atoms with Crippen LogP contribution in [-0.4, -0.2) is 24.6 Å². The monoisotopic (exact) mass is 156 g/mol. The summed E-state index contributed by atoms with van der Waals surface area (Å²) in [5.41, 5.74) is 0. The Morgan fingerprint density at radius 2 is 2.45 bits per heavy atom. The third-order valence-corrected chi connectivity index (χ3v) is 1.82. The molecule has 1 atom stereocenters. The summed E-state index contributed by atoms with van der Waals surface area (Å²) in [6, 6.07) is 0. The van der Waals surface area contributed by atoms with Crippen molar-refractivity contribution in [2.24, 2.45) is 5.92 Å². The number of aliphatic hydroxyl groups is 1. The Hall–Kier alpha value is -0.830. The van der Waals surface area contributed by atoms with Gasteiger partial charge in [-0.1, -0.05) is 0 Å². The standard InChI is InChI=1S/C8H12O3/c1-11-8-3-6(5-9)2-7(10)4-8/h4,6,9H,2-3,5H2,1H3. The first-order chi connectivity index (χ1) is 5.26. The van der Waals surface area contributed by atoms with Crippen LogP contribution in [0.15, 0.2) is 11.8 Å². The molecule has 62 valence electrons. The molecule has 1 aliphatic rings. The van der Waals surface area contributed by atoms with Gasteiger partial charge >= 0.3 is 0 Å². The maximum absolute atomic E-state index is 10.9. The average Bonchev–Trinajstić information content (AvgIpc) is 2.03. The van der Waals surface area contributed by atoms with E-state index in [1.165, 1.54) is 6.08 Å². The van der Waals surface area contributed by atoms with Gasteiger partial charge < -0.3 is 9.84 Å². The highest BCUT2D eigenvalue weighted by atomic mass is 16.5. The van der Waals surface area contributed by atoms with Gasteiger partial charge in [0, 0.05) is 25.5 Å². The zero-order valence-electron chi connectivity index (χ0n) is 6.54. The molecule has 0 aromatic heterocycles. The lowest BCUT2D eigenvalue weighted by Gasteiger charge is -2.18. The van der Waals surface area contributed by atoms with Crippen molar-refractivity contribution in [3.05, 3.63) is 11.8 Å². The van der Waals surface area contributed by atoms with Crippen molar-refractivity contribution >= 4 is 5.78 Å². The van der Waals surface area contributed by atoms with Crippen LogP contribution in [0.25, 0.3) is 0 Å². The lowest BCUT2D eigenvalue weighted by molar-refractivity contribution is -0.116. The molecule has 0 aromatic rings. The molecule has 0 bridgehead atoms. The third-order valence-electron chi connectivity index (χ3n) is 1.82. The van der Waals surface area contributed by atoms with E-state index in [0.717, 1.165) is 0 Å². The summed E-state index contributed by atoms with van der Waals surface area (Å²) in [5, 5.41) is 8.79. The number of carbonyl (C=O) groups excluding carboxylic acids is 1. The second kappa shape index (κ2) is 3.53. The number of hydrogen-bond acceptors (Lipinski definition) is 3. The highest BCUT2D eigenvalue weighted by molar-refractivity contribution is 5.91. The lowest BCUT2D eigenvalue weighted by atomic mass is 9.93. The summed E-state index contributed by atoms with van der Waals surface area (Å²) < 4.78 is 4.92. The molecule has 11 heavy (non-hydrogen) atoms. The maximum Gasteiger partial charge on any atom is 0.159 e. The Balaban J connectivity index is 2.61. The first kappa shape index (κ1) is 8.27. The van der Waals surface area contributed by atoms with Crippen LogP contribution >= 0.6 is 0 Å². The predicted octanol–water partition coefficient (Wildman–Crippen LogP) is 0.488. The molecule has 0 fully saturated rings. The second-order valence-corrected chi connectivity index (χ2v) is 2.74. The molecule has 0 amide bonds. The van der Waals surface area contributed by atoms with Crippen molar-refractivity contribution in [1.29, 1.82) is 0 Å². The van der Waals surface area contributed by atoms with Crippen LogP contribution in [0.1, 0.15) is 12.8 Å². The van der Waals surface area contributed by atoms with Gasteiger partial charge in [-0.25, -0.2) is 0 Å². The van der Waals surface area contributed by atoms with E-state index >= 15 is 0 Å². The Morgan fingerprint density at radius 3 is 3.00 bits per heavy atom. The molecular formula is C8H12O3. The highest BCUT2D eigenvalue weighted by Crippen LogP contribution is 2.21. The molecule has 0 radical (unpaired) electrons. The summed E-state index contributed by atoms with van der Waals surface area (Å²) in [7, 11) is 1.54. The number of allylic oxidation sites excluding steroid dienone is 2. The summed E-state index contributed by atoms with van der Waals surface area (Å²) in [4.78, 5) is 10.9. The molecule has 0 saturated heterocycles. The van der Waals surface area contributed by atoms with Gasteiger partial charge in [-0.3, -0.25) is 4.79 Å². The molecule has 0 aromatic carbocycles. The smallest absolute Gasteiger partial charge is 0.159 e. The minimum absolute atomic E-state index is 0.0483. The zero-order chi connectivity index (χ0) is 8.27. The van der Waals surface area contributed by atoms with Crippen LogP contribution in [-0.2, 0) is 9.53 Å². The predicted molar refractivity (Wildman–Crippen MR) is 39.9 cm³/mol. The lowest BCUT2D eigenvalue weighted by Crippen LogP contribution is -2.17. The van der Waals surface area contributed by atoms with Crippen molar-refractivity contribution in [2.75, 3.05) is 13.7 Å². The zero-order valence-corrected chi connectivity index (χ0v) is 6.54. The number of hydrogen-bond donors (Lipinski definition) is 1. The van der Waals surface area contributed by atoms with Crippen molar-refractivity contribution in [1.82, 2.24) is 0 Å². The molecule has 1 rings (SSSR count).